The molecular formula is C23H21BrClNO4. The Hall–Kier alpha value is -2.70. The molecule has 0 saturated heterocycles. The molecule has 0 aliphatic rings. The van der Waals surface area contributed by atoms with E-state index in [-0.39, 0.29) is 5.91 Å². The van der Waals surface area contributed by atoms with E-state index in [0.29, 0.717) is 40.1 Å². The maximum Gasteiger partial charge on any atom is 0.258 e. The first kappa shape index (κ1) is 22.0. The molecule has 0 aromatic heterocycles. The third-order valence-corrected chi connectivity index (χ3v) is 5.31. The summed E-state index contributed by atoms with van der Waals surface area (Å²) in [6.45, 7) is 0.343. The number of hydrogen-bond donors (Lipinski definition) is 0. The zero-order valence-corrected chi connectivity index (χ0v) is 19.2. The predicted octanol–water partition coefficient (Wildman–Crippen LogP) is 5.98. The van der Waals surface area contributed by atoms with Gasteiger partial charge in [-0.05, 0) is 35.9 Å². The maximum atomic E-state index is 13.1. The fourth-order valence-electron chi connectivity index (χ4n) is 2.93. The van der Waals surface area contributed by atoms with Crippen LogP contribution in [0.25, 0.3) is 0 Å². The van der Waals surface area contributed by atoms with Gasteiger partial charge in [0.2, 0.25) is 5.75 Å². The third kappa shape index (κ3) is 4.89. The van der Waals surface area contributed by atoms with Gasteiger partial charge < -0.3 is 19.1 Å². The molecule has 1 amide bonds. The first-order valence-corrected chi connectivity index (χ1v) is 10.3. The monoisotopic (exact) mass is 489 g/mol. The Morgan fingerprint density at radius 1 is 1.00 bits per heavy atom. The van der Waals surface area contributed by atoms with E-state index in [1.54, 1.807) is 31.3 Å². The topological polar surface area (TPSA) is 48.0 Å². The summed E-state index contributed by atoms with van der Waals surface area (Å²) < 4.78 is 17.7. The lowest BCUT2D eigenvalue weighted by atomic mass is 10.1. The predicted molar refractivity (Wildman–Crippen MR) is 122 cm³/mol. The molecule has 3 aromatic carbocycles. The van der Waals surface area contributed by atoms with Gasteiger partial charge in [0, 0.05) is 17.1 Å². The van der Waals surface area contributed by atoms with Crippen LogP contribution < -0.4 is 19.1 Å². The fraction of sp³-hybridized carbons (Fsp3) is 0.174. The Bertz CT molecular complexity index is 1020. The van der Waals surface area contributed by atoms with Crippen LogP contribution in [-0.4, -0.2) is 27.2 Å². The highest BCUT2D eigenvalue weighted by atomic mass is 79.9. The molecule has 30 heavy (non-hydrogen) atoms. The van der Waals surface area contributed by atoms with E-state index < -0.39 is 0 Å². The maximum absolute atomic E-state index is 13.1. The van der Waals surface area contributed by atoms with Crippen LogP contribution in [-0.2, 0) is 6.61 Å². The largest absolute Gasteiger partial charge is 0.493 e. The summed E-state index contributed by atoms with van der Waals surface area (Å²) in [6.07, 6.45) is 0. The molecule has 0 unspecified atom stereocenters. The molecule has 0 N–H and O–H groups in total. The highest BCUT2D eigenvalue weighted by Crippen LogP contribution is 2.40. The standard InChI is InChI=1S/C23H21BrClNO4/c1-26(19-10-9-17(24)13-18(19)25)23(27)16-11-20(28-2)22(21(12-16)29-3)30-14-15-7-5-4-6-8-15/h4-13H,14H2,1-3H3. The molecule has 0 atom stereocenters. The summed E-state index contributed by atoms with van der Waals surface area (Å²) >= 11 is 9.67. The van der Waals surface area contributed by atoms with Gasteiger partial charge in [-0.15, -0.1) is 0 Å². The van der Waals surface area contributed by atoms with Crippen molar-refractivity contribution in [1.29, 1.82) is 0 Å². The number of anilines is 1. The molecule has 156 valence electrons. The number of carbonyl (C=O) groups is 1. The second kappa shape index (κ2) is 9.87. The number of carbonyl (C=O) groups excluding carboxylic acids is 1. The second-order valence-corrected chi connectivity index (χ2v) is 7.77. The number of nitrogens with zero attached hydrogens (tertiary/aromatic N) is 1. The molecule has 0 saturated carbocycles. The lowest BCUT2D eigenvalue weighted by molar-refractivity contribution is 0.0992. The minimum atomic E-state index is -0.259. The quantitative estimate of drug-likeness (QED) is 0.409. The van der Waals surface area contributed by atoms with Crippen molar-refractivity contribution in [3.05, 3.63) is 81.3 Å². The molecule has 0 aliphatic carbocycles. The fourth-order valence-corrected chi connectivity index (χ4v) is 3.73. The minimum absolute atomic E-state index is 0.259. The van der Waals surface area contributed by atoms with E-state index in [4.69, 9.17) is 25.8 Å². The zero-order chi connectivity index (χ0) is 21.7. The number of halogens is 2. The van der Waals surface area contributed by atoms with Gasteiger partial charge in [-0.25, -0.2) is 0 Å². The van der Waals surface area contributed by atoms with Gasteiger partial charge >= 0.3 is 0 Å². The number of methoxy groups -OCH3 is 2. The molecule has 0 heterocycles. The van der Waals surface area contributed by atoms with Crippen LogP contribution in [0.15, 0.2) is 65.1 Å². The van der Waals surface area contributed by atoms with Gasteiger partial charge in [-0.1, -0.05) is 57.9 Å². The molecule has 3 rings (SSSR count). The normalized spacial score (nSPS) is 10.4. The van der Waals surface area contributed by atoms with Crippen molar-refractivity contribution in [3.63, 3.8) is 0 Å². The Morgan fingerprint density at radius 2 is 1.63 bits per heavy atom. The van der Waals surface area contributed by atoms with Crippen molar-refractivity contribution < 1.29 is 19.0 Å². The van der Waals surface area contributed by atoms with Crippen LogP contribution in [0.3, 0.4) is 0 Å². The summed E-state index contributed by atoms with van der Waals surface area (Å²) in [4.78, 5) is 14.6. The number of ether oxygens (including phenoxy) is 3. The molecule has 0 radical (unpaired) electrons. The summed E-state index contributed by atoms with van der Waals surface area (Å²) in [5.74, 6) is 0.989. The summed E-state index contributed by atoms with van der Waals surface area (Å²) in [7, 11) is 4.71. The molecular weight excluding hydrogens is 470 g/mol. The molecule has 0 bridgehead atoms. The smallest absolute Gasteiger partial charge is 0.258 e. The van der Waals surface area contributed by atoms with E-state index in [2.05, 4.69) is 15.9 Å². The first-order chi connectivity index (χ1) is 14.4. The lowest BCUT2D eigenvalue weighted by Gasteiger charge is -2.21. The Labute approximate surface area is 189 Å². The van der Waals surface area contributed by atoms with Crippen molar-refractivity contribution in [2.75, 3.05) is 26.2 Å². The highest BCUT2D eigenvalue weighted by Gasteiger charge is 2.22. The average Bonchev–Trinajstić information content (AvgIpc) is 2.76. The van der Waals surface area contributed by atoms with Crippen LogP contribution in [0.5, 0.6) is 17.2 Å². The lowest BCUT2D eigenvalue weighted by Crippen LogP contribution is -2.26. The minimum Gasteiger partial charge on any atom is -0.493 e. The third-order valence-electron chi connectivity index (χ3n) is 4.51. The number of benzene rings is 3. The van der Waals surface area contributed by atoms with Crippen LogP contribution in [0.2, 0.25) is 5.02 Å². The van der Waals surface area contributed by atoms with Crippen molar-refractivity contribution in [1.82, 2.24) is 0 Å². The first-order valence-electron chi connectivity index (χ1n) is 9.10. The van der Waals surface area contributed by atoms with Crippen LogP contribution >= 0.6 is 27.5 Å². The highest BCUT2D eigenvalue weighted by molar-refractivity contribution is 9.10. The van der Waals surface area contributed by atoms with E-state index >= 15 is 0 Å². The molecule has 0 aliphatic heterocycles. The second-order valence-electron chi connectivity index (χ2n) is 6.44. The average molecular weight is 491 g/mol. The summed E-state index contributed by atoms with van der Waals surface area (Å²) in [5, 5.41) is 0.460. The Kier molecular flexibility index (Phi) is 7.24. The van der Waals surface area contributed by atoms with Gasteiger partial charge in [0.25, 0.3) is 5.91 Å². The van der Waals surface area contributed by atoms with Crippen molar-refractivity contribution >= 4 is 39.1 Å². The van der Waals surface area contributed by atoms with Crippen LogP contribution in [0, 0.1) is 0 Å². The molecule has 0 spiro atoms. The van der Waals surface area contributed by atoms with Crippen LogP contribution in [0.1, 0.15) is 15.9 Å². The summed E-state index contributed by atoms with van der Waals surface area (Å²) in [5.41, 5.74) is 1.98. The van der Waals surface area contributed by atoms with E-state index in [0.717, 1.165) is 10.0 Å². The number of hydrogen-bond acceptors (Lipinski definition) is 4. The number of rotatable bonds is 7. The van der Waals surface area contributed by atoms with Gasteiger partial charge in [-0.3, -0.25) is 4.79 Å². The Balaban J connectivity index is 1.91. The van der Waals surface area contributed by atoms with Gasteiger partial charge in [0.15, 0.2) is 11.5 Å². The van der Waals surface area contributed by atoms with Crippen molar-refractivity contribution in [3.8, 4) is 17.2 Å². The van der Waals surface area contributed by atoms with E-state index in [1.165, 1.54) is 19.1 Å². The molecule has 3 aromatic rings. The SMILES string of the molecule is COc1cc(C(=O)N(C)c2ccc(Br)cc2Cl)cc(OC)c1OCc1ccccc1. The Morgan fingerprint density at radius 3 is 2.20 bits per heavy atom. The van der Waals surface area contributed by atoms with Crippen molar-refractivity contribution in [2.45, 2.75) is 6.61 Å². The van der Waals surface area contributed by atoms with E-state index in [9.17, 15) is 4.79 Å². The van der Waals surface area contributed by atoms with Gasteiger partial charge in [0.05, 0.1) is 24.9 Å². The molecule has 7 heteroatoms. The van der Waals surface area contributed by atoms with Gasteiger partial charge in [-0.2, -0.15) is 0 Å². The zero-order valence-electron chi connectivity index (χ0n) is 16.8. The molecule has 5 nitrogen and oxygen atoms in total. The molecule has 0 fully saturated rings. The van der Waals surface area contributed by atoms with Gasteiger partial charge in [0.1, 0.15) is 6.61 Å². The van der Waals surface area contributed by atoms with Crippen LogP contribution in [0.4, 0.5) is 5.69 Å². The summed E-state index contributed by atoms with van der Waals surface area (Å²) in [6, 6.07) is 18.4. The van der Waals surface area contributed by atoms with Crippen molar-refractivity contribution in [2.24, 2.45) is 0 Å². The van der Waals surface area contributed by atoms with E-state index in [1.807, 2.05) is 36.4 Å². The number of amides is 1.